The molecule has 0 radical (unpaired) electrons. The first-order valence-electron chi connectivity index (χ1n) is 9.76. The number of nitrogens with one attached hydrogen (secondary N) is 1. The van der Waals surface area contributed by atoms with Crippen LogP contribution in [0.1, 0.15) is 10.4 Å². The zero-order valence-electron chi connectivity index (χ0n) is 17.4. The van der Waals surface area contributed by atoms with Gasteiger partial charge in [0.2, 0.25) is 0 Å². The van der Waals surface area contributed by atoms with E-state index in [1.54, 1.807) is 79.9 Å². The minimum absolute atomic E-state index is 0.0761. The Bertz CT molecular complexity index is 1050. The van der Waals surface area contributed by atoms with E-state index in [2.05, 4.69) is 5.32 Å². The van der Waals surface area contributed by atoms with Crippen LogP contribution in [0.3, 0.4) is 0 Å². The molecule has 0 fully saturated rings. The smallest absolute Gasteiger partial charge is 0.338 e. The Balaban J connectivity index is 1.40. The molecule has 0 unspecified atom stereocenters. The summed E-state index contributed by atoms with van der Waals surface area (Å²) in [7, 11) is 1.55. The maximum absolute atomic E-state index is 12.1. The topological polar surface area (TPSA) is 83.1 Å². The molecule has 0 saturated carbocycles. The van der Waals surface area contributed by atoms with Crippen LogP contribution >= 0.6 is 11.6 Å². The third kappa shape index (κ3) is 6.92. The lowest BCUT2D eigenvalue weighted by molar-refractivity contribution is -0.118. The maximum atomic E-state index is 12.1. The molecular formula is C24H22ClNO6. The third-order valence-electron chi connectivity index (χ3n) is 4.22. The van der Waals surface area contributed by atoms with E-state index in [-0.39, 0.29) is 25.7 Å². The summed E-state index contributed by atoms with van der Waals surface area (Å²) in [4.78, 5) is 24.2. The second kappa shape index (κ2) is 11.6. The number of anilines is 1. The van der Waals surface area contributed by atoms with Crippen LogP contribution in [0.5, 0.6) is 17.2 Å². The van der Waals surface area contributed by atoms with E-state index in [1.165, 1.54) is 0 Å². The number of methoxy groups -OCH3 is 1. The molecule has 0 saturated heterocycles. The number of benzene rings is 3. The molecule has 1 N–H and O–H groups in total. The number of halogens is 1. The lowest BCUT2D eigenvalue weighted by Crippen LogP contribution is -2.20. The highest BCUT2D eigenvalue weighted by atomic mass is 35.5. The molecule has 0 aliphatic carbocycles. The van der Waals surface area contributed by atoms with Gasteiger partial charge in [0.05, 0.1) is 17.7 Å². The number of amides is 1. The summed E-state index contributed by atoms with van der Waals surface area (Å²) in [5, 5.41) is 3.21. The van der Waals surface area contributed by atoms with Gasteiger partial charge in [-0.05, 0) is 48.5 Å². The minimum Gasteiger partial charge on any atom is -0.497 e. The number of ether oxygens (including phenoxy) is 4. The molecule has 0 spiro atoms. The molecule has 8 heteroatoms. The number of rotatable bonds is 10. The van der Waals surface area contributed by atoms with Gasteiger partial charge in [-0.15, -0.1) is 0 Å². The summed E-state index contributed by atoms with van der Waals surface area (Å²) in [6.45, 7) is 0.0756. The van der Waals surface area contributed by atoms with Gasteiger partial charge in [0.1, 0.15) is 30.5 Å². The van der Waals surface area contributed by atoms with E-state index in [0.717, 1.165) is 0 Å². The van der Waals surface area contributed by atoms with E-state index in [0.29, 0.717) is 33.5 Å². The Morgan fingerprint density at radius 2 is 1.66 bits per heavy atom. The van der Waals surface area contributed by atoms with Crippen molar-refractivity contribution in [2.24, 2.45) is 0 Å². The second-order valence-corrected chi connectivity index (χ2v) is 6.92. The van der Waals surface area contributed by atoms with E-state index in [9.17, 15) is 9.59 Å². The normalized spacial score (nSPS) is 10.2. The van der Waals surface area contributed by atoms with Gasteiger partial charge in [-0.3, -0.25) is 4.79 Å². The number of hydrogen-bond acceptors (Lipinski definition) is 6. The fraction of sp³-hybridized carbons (Fsp3) is 0.167. The van der Waals surface area contributed by atoms with Crippen molar-refractivity contribution in [3.63, 3.8) is 0 Å². The van der Waals surface area contributed by atoms with Gasteiger partial charge in [-0.2, -0.15) is 0 Å². The van der Waals surface area contributed by atoms with E-state index in [1.807, 2.05) is 0 Å². The average Bonchev–Trinajstić information content (AvgIpc) is 2.82. The van der Waals surface area contributed by atoms with Gasteiger partial charge in [-0.1, -0.05) is 29.8 Å². The van der Waals surface area contributed by atoms with Crippen LogP contribution < -0.4 is 19.5 Å². The Labute approximate surface area is 190 Å². The summed E-state index contributed by atoms with van der Waals surface area (Å²) in [5.74, 6) is 0.809. The zero-order chi connectivity index (χ0) is 22.8. The van der Waals surface area contributed by atoms with Gasteiger partial charge in [-0.25, -0.2) is 4.79 Å². The van der Waals surface area contributed by atoms with Gasteiger partial charge < -0.3 is 24.3 Å². The quantitative estimate of drug-likeness (QED) is 0.355. The van der Waals surface area contributed by atoms with Gasteiger partial charge in [0, 0.05) is 11.8 Å². The highest BCUT2D eigenvalue weighted by Crippen LogP contribution is 2.23. The molecule has 7 nitrogen and oxygen atoms in total. The van der Waals surface area contributed by atoms with Gasteiger partial charge in [0.25, 0.3) is 5.91 Å². The van der Waals surface area contributed by atoms with Crippen LogP contribution in [0.4, 0.5) is 5.69 Å². The van der Waals surface area contributed by atoms with Crippen molar-refractivity contribution in [1.82, 2.24) is 0 Å². The van der Waals surface area contributed by atoms with Crippen LogP contribution in [-0.4, -0.2) is 38.8 Å². The van der Waals surface area contributed by atoms with Crippen LogP contribution in [0.2, 0.25) is 5.02 Å². The van der Waals surface area contributed by atoms with Crippen molar-refractivity contribution in [2.75, 3.05) is 32.2 Å². The molecule has 0 aliphatic heterocycles. The second-order valence-electron chi connectivity index (χ2n) is 6.51. The summed E-state index contributed by atoms with van der Waals surface area (Å²) in [5.41, 5.74) is 0.963. The lowest BCUT2D eigenvalue weighted by Gasteiger charge is -2.10. The molecule has 1 amide bonds. The molecule has 3 rings (SSSR count). The fourth-order valence-electron chi connectivity index (χ4n) is 2.67. The molecule has 3 aromatic carbocycles. The molecule has 3 aromatic rings. The Kier molecular flexibility index (Phi) is 8.34. The molecule has 0 aliphatic rings. The van der Waals surface area contributed by atoms with E-state index < -0.39 is 5.97 Å². The van der Waals surface area contributed by atoms with E-state index >= 15 is 0 Å². The predicted octanol–water partition coefficient (Wildman–Crippen LogP) is 4.60. The van der Waals surface area contributed by atoms with Crippen LogP contribution in [0.15, 0.2) is 72.8 Å². The van der Waals surface area contributed by atoms with E-state index in [4.69, 9.17) is 30.5 Å². The highest BCUT2D eigenvalue weighted by molar-refractivity contribution is 6.32. The molecular weight excluding hydrogens is 434 g/mol. The lowest BCUT2D eigenvalue weighted by atomic mass is 10.2. The van der Waals surface area contributed by atoms with Crippen LogP contribution in [-0.2, 0) is 9.53 Å². The largest absolute Gasteiger partial charge is 0.497 e. The van der Waals surface area contributed by atoms with Crippen molar-refractivity contribution in [3.05, 3.63) is 83.4 Å². The zero-order valence-corrected chi connectivity index (χ0v) is 18.1. The van der Waals surface area contributed by atoms with Crippen molar-refractivity contribution >= 4 is 29.2 Å². The third-order valence-corrected chi connectivity index (χ3v) is 4.54. The molecule has 0 bridgehead atoms. The Morgan fingerprint density at radius 3 is 2.41 bits per heavy atom. The molecule has 0 atom stereocenters. The summed E-state index contributed by atoms with van der Waals surface area (Å²) in [6.07, 6.45) is 0. The predicted molar refractivity (Wildman–Crippen MR) is 121 cm³/mol. The summed E-state index contributed by atoms with van der Waals surface area (Å²) < 4.78 is 21.3. The van der Waals surface area contributed by atoms with Crippen molar-refractivity contribution in [3.8, 4) is 17.2 Å². The van der Waals surface area contributed by atoms with Crippen molar-refractivity contribution in [1.29, 1.82) is 0 Å². The first-order valence-corrected chi connectivity index (χ1v) is 10.1. The maximum Gasteiger partial charge on any atom is 0.338 e. The highest BCUT2D eigenvalue weighted by Gasteiger charge is 2.09. The molecule has 166 valence electrons. The van der Waals surface area contributed by atoms with Crippen LogP contribution in [0.25, 0.3) is 0 Å². The van der Waals surface area contributed by atoms with Crippen molar-refractivity contribution < 1.29 is 28.5 Å². The molecule has 0 heterocycles. The average molecular weight is 456 g/mol. The summed E-state index contributed by atoms with van der Waals surface area (Å²) in [6, 6.07) is 20.4. The number of carbonyl (C=O) groups excluding carboxylic acids is 2. The molecule has 0 aromatic heterocycles. The number of carbonyl (C=O) groups is 2. The Morgan fingerprint density at radius 1 is 0.875 bits per heavy atom. The monoisotopic (exact) mass is 455 g/mol. The SMILES string of the molecule is COc1cccc(NC(=O)COc2ccc(C(=O)OCCOc3ccccc3Cl)cc2)c1. The van der Waals surface area contributed by atoms with Crippen LogP contribution in [0, 0.1) is 0 Å². The fourth-order valence-corrected chi connectivity index (χ4v) is 2.86. The number of esters is 1. The first-order chi connectivity index (χ1) is 15.5. The number of para-hydroxylation sites is 1. The Hall–Kier alpha value is -3.71. The summed E-state index contributed by atoms with van der Waals surface area (Å²) >= 11 is 6.00. The number of hydrogen-bond donors (Lipinski definition) is 1. The van der Waals surface area contributed by atoms with Gasteiger partial charge in [0.15, 0.2) is 6.61 Å². The molecule has 32 heavy (non-hydrogen) atoms. The van der Waals surface area contributed by atoms with Crippen molar-refractivity contribution in [2.45, 2.75) is 0 Å². The van der Waals surface area contributed by atoms with Gasteiger partial charge >= 0.3 is 5.97 Å². The standard InChI is InChI=1S/C24H22ClNO6/c1-29-20-6-4-5-18(15-20)26-23(27)16-32-19-11-9-17(10-12-19)24(28)31-14-13-30-22-8-3-2-7-21(22)25/h2-12,15H,13-14,16H2,1H3,(H,26,27). The minimum atomic E-state index is -0.491. The first kappa shape index (κ1) is 23.0.